The topological polar surface area (TPSA) is 82.8 Å². The van der Waals surface area contributed by atoms with Gasteiger partial charge in [-0.3, -0.25) is 0 Å². The van der Waals surface area contributed by atoms with E-state index in [1.807, 2.05) is 13.8 Å². The molecule has 1 heterocycles. The SMILES string of the molecule is C=C(C)CN(CC)C(=O)NCc1cc(C(=O)O)c(C)o1. The number of furan rings is 1. The highest BCUT2D eigenvalue weighted by molar-refractivity contribution is 5.88. The minimum absolute atomic E-state index is 0.114. The van der Waals surface area contributed by atoms with Gasteiger partial charge in [0.2, 0.25) is 0 Å². The molecule has 0 unspecified atom stereocenters. The molecule has 0 bridgehead atoms. The maximum atomic E-state index is 11.9. The van der Waals surface area contributed by atoms with E-state index < -0.39 is 5.97 Å². The van der Waals surface area contributed by atoms with Crippen LogP contribution in [0.5, 0.6) is 0 Å². The van der Waals surface area contributed by atoms with Gasteiger partial charge in [0.15, 0.2) is 0 Å². The fraction of sp³-hybridized carbons (Fsp3) is 0.429. The maximum Gasteiger partial charge on any atom is 0.339 e. The lowest BCUT2D eigenvalue weighted by molar-refractivity contribution is 0.0695. The van der Waals surface area contributed by atoms with Crippen molar-refractivity contribution in [3.05, 3.63) is 35.3 Å². The standard InChI is InChI=1S/C14H20N2O4/c1-5-16(8-9(2)3)14(19)15-7-11-6-12(13(17)18)10(4)20-11/h6H,2,5,7-8H2,1,3-4H3,(H,15,19)(H,17,18). The van der Waals surface area contributed by atoms with Crippen LogP contribution >= 0.6 is 0 Å². The van der Waals surface area contributed by atoms with Crippen LogP contribution in [0.1, 0.15) is 35.7 Å². The van der Waals surface area contributed by atoms with E-state index >= 15 is 0 Å². The van der Waals surface area contributed by atoms with Crippen LogP contribution in [-0.4, -0.2) is 35.1 Å². The van der Waals surface area contributed by atoms with Crippen molar-refractivity contribution in [2.24, 2.45) is 0 Å². The zero-order valence-electron chi connectivity index (χ0n) is 12.0. The summed E-state index contributed by atoms with van der Waals surface area (Å²) in [6, 6.07) is 1.19. The molecule has 0 atom stereocenters. The van der Waals surface area contributed by atoms with Gasteiger partial charge in [-0.2, -0.15) is 0 Å². The molecule has 0 spiro atoms. The number of carboxylic acids is 1. The first-order valence-corrected chi connectivity index (χ1v) is 6.34. The average Bonchev–Trinajstić information content (AvgIpc) is 2.74. The van der Waals surface area contributed by atoms with Gasteiger partial charge in [-0.05, 0) is 26.8 Å². The number of hydrogen-bond acceptors (Lipinski definition) is 3. The molecule has 110 valence electrons. The summed E-state index contributed by atoms with van der Waals surface area (Å²) in [5.41, 5.74) is 1.01. The Bertz CT molecular complexity index is 519. The van der Waals surface area contributed by atoms with Gasteiger partial charge in [-0.15, -0.1) is 0 Å². The summed E-state index contributed by atoms with van der Waals surface area (Å²) in [6.45, 7) is 10.3. The summed E-state index contributed by atoms with van der Waals surface area (Å²) in [5, 5.41) is 11.6. The molecule has 2 N–H and O–H groups in total. The summed E-state index contributed by atoms with van der Waals surface area (Å²) in [5.74, 6) is -0.294. The van der Waals surface area contributed by atoms with Crippen LogP contribution in [0.2, 0.25) is 0 Å². The van der Waals surface area contributed by atoms with Gasteiger partial charge in [-0.25, -0.2) is 9.59 Å². The molecule has 6 nitrogen and oxygen atoms in total. The first kappa shape index (κ1) is 15.8. The Hall–Kier alpha value is -2.24. The van der Waals surface area contributed by atoms with Gasteiger partial charge in [0, 0.05) is 13.1 Å². The Kier molecular flexibility index (Phi) is 5.37. The average molecular weight is 280 g/mol. The molecule has 0 aliphatic heterocycles. The normalized spacial score (nSPS) is 10.2. The quantitative estimate of drug-likeness (QED) is 0.784. The number of nitrogens with zero attached hydrogens (tertiary/aromatic N) is 1. The van der Waals surface area contributed by atoms with Gasteiger partial charge >= 0.3 is 12.0 Å². The highest BCUT2D eigenvalue weighted by Crippen LogP contribution is 2.14. The van der Waals surface area contributed by atoms with E-state index in [1.54, 1.807) is 11.8 Å². The number of likely N-dealkylation sites (N-methyl/N-ethyl adjacent to an activating group) is 1. The summed E-state index contributed by atoms with van der Waals surface area (Å²) in [4.78, 5) is 24.4. The Balaban J connectivity index is 2.62. The van der Waals surface area contributed by atoms with E-state index in [-0.39, 0.29) is 18.1 Å². The summed E-state index contributed by atoms with van der Waals surface area (Å²) >= 11 is 0. The van der Waals surface area contributed by atoms with E-state index in [9.17, 15) is 9.59 Å². The highest BCUT2D eigenvalue weighted by Gasteiger charge is 2.15. The molecule has 2 amide bonds. The van der Waals surface area contributed by atoms with Crippen molar-refractivity contribution in [2.75, 3.05) is 13.1 Å². The Labute approximate surface area is 118 Å². The summed E-state index contributed by atoms with van der Waals surface area (Å²) in [7, 11) is 0. The van der Waals surface area contributed by atoms with Crippen LogP contribution < -0.4 is 5.32 Å². The lowest BCUT2D eigenvalue weighted by Crippen LogP contribution is -2.40. The van der Waals surface area contributed by atoms with Crippen molar-refractivity contribution in [1.29, 1.82) is 0 Å². The van der Waals surface area contributed by atoms with E-state index in [4.69, 9.17) is 9.52 Å². The number of carboxylic acid groups (broad SMARTS) is 1. The smallest absolute Gasteiger partial charge is 0.339 e. The number of hydrogen-bond donors (Lipinski definition) is 2. The van der Waals surface area contributed by atoms with Gasteiger partial charge in [0.05, 0.1) is 6.54 Å². The van der Waals surface area contributed by atoms with Gasteiger partial charge < -0.3 is 19.7 Å². The lowest BCUT2D eigenvalue weighted by Gasteiger charge is -2.21. The number of aryl methyl sites for hydroxylation is 1. The molecular formula is C14H20N2O4. The molecule has 1 aromatic rings. The first-order valence-electron chi connectivity index (χ1n) is 6.34. The molecule has 0 saturated heterocycles. The largest absolute Gasteiger partial charge is 0.478 e. The molecule has 20 heavy (non-hydrogen) atoms. The fourth-order valence-electron chi connectivity index (χ4n) is 1.77. The molecule has 0 aliphatic rings. The third kappa shape index (κ3) is 4.15. The van der Waals surface area contributed by atoms with E-state index in [0.717, 1.165) is 5.57 Å². The number of rotatable bonds is 6. The van der Waals surface area contributed by atoms with Crippen LogP contribution in [0.4, 0.5) is 4.79 Å². The van der Waals surface area contributed by atoms with Crippen molar-refractivity contribution < 1.29 is 19.1 Å². The van der Waals surface area contributed by atoms with Crippen molar-refractivity contribution in [3.63, 3.8) is 0 Å². The van der Waals surface area contributed by atoms with E-state index in [1.165, 1.54) is 6.07 Å². The van der Waals surface area contributed by atoms with Gasteiger partial charge in [0.25, 0.3) is 0 Å². The second-order valence-electron chi connectivity index (χ2n) is 4.62. The molecule has 0 radical (unpaired) electrons. The highest BCUT2D eigenvalue weighted by atomic mass is 16.4. The first-order chi connectivity index (χ1) is 9.35. The van der Waals surface area contributed by atoms with Crippen LogP contribution in [0.3, 0.4) is 0 Å². The Morgan fingerprint density at radius 3 is 2.60 bits per heavy atom. The van der Waals surface area contributed by atoms with Crippen molar-refractivity contribution >= 4 is 12.0 Å². The number of amides is 2. The lowest BCUT2D eigenvalue weighted by atomic mass is 10.2. The summed E-state index contributed by atoms with van der Waals surface area (Å²) < 4.78 is 5.29. The van der Waals surface area contributed by atoms with Crippen LogP contribution in [0.15, 0.2) is 22.6 Å². The monoisotopic (exact) mass is 280 g/mol. The third-order valence-corrected chi connectivity index (χ3v) is 2.74. The third-order valence-electron chi connectivity index (χ3n) is 2.74. The number of aromatic carboxylic acids is 1. The molecule has 6 heteroatoms. The molecule has 1 aromatic heterocycles. The number of nitrogens with one attached hydrogen (secondary N) is 1. The second-order valence-corrected chi connectivity index (χ2v) is 4.62. The second kappa shape index (κ2) is 6.79. The zero-order chi connectivity index (χ0) is 15.3. The Morgan fingerprint density at radius 1 is 1.50 bits per heavy atom. The maximum absolute atomic E-state index is 11.9. The fourth-order valence-corrected chi connectivity index (χ4v) is 1.77. The van der Waals surface area contributed by atoms with E-state index in [0.29, 0.717) is 24.6 Å². The Morgan fingerprint density at radius 2 is 2.15 bits per heavy atom. The number of urea groups is 1. The number of carbonyl (C=O) groups is 2. The molecule has 0 fully saturated rings. The minimum atomic E-state index is -1.04. The van der Waals surface area contributed by atoms with Gasteiger partial charge in [0.1, 0.15) is 17.1 Å². The van der Waals surface area contributed by atoms with Crippen LogP contribution in [-0.2, 0) is 6.54 Å². The molecule has 0 saturated carbocycles. The summed E-state index contributed by atoms with van der Waals surface area (Å²) in [6.07, 6.45) is 0. The molecule has 1 rings (SSSR count). The predicted octanol–water partition coefficient (Wildman–Crippen LogP) is 2.39. The molecule has 0 aliphatic carbocycles. The minimum Gasteiger partial charge on any atom is -0.478 e. The van der Waals surface area contributed by atoms with Crippen LogP contribution in [0.25, 0.3) is 0 Å². The van der Waals surface area contributed by atoms with Crippen LogP contribution in [0, 0.1) is 6.92 Å². The van der Waals surface area contributed by atoms with Crippen molar-refractivity contribution in [3.8, 4) is 0 Å². The van der Waals surface area contributed by atoms with E-state index in [2.05, 4.69) is 11.9 Å². The predicted molar refractivity (Wildman–Crippen MR) is 74.7 cm³/mol. The van der Waals surface area contributed by atoms with Crippen molar-refractivity contribution in [1.82, 2.24) is 10.2 Å². The molecule has 0 aromatic carbocycles. The molecular weight excluding hydrogens is 260 g/mol. The van der Waals surface area contributed by atoms with Crippen molar-refractivity contribution in [2.45, 2.75) is 27.3 Å². The van der Waals surface area contributed by atoms with Gasteiger partial charge in [-0.1, -0.05) is 12.2 Å². The number of carbonyl (C=O) groups excluding carboxylic acids is 1. The zero-order valence-corrected chi connectivity index (χ0v) is 12.0.